The van der Waals surface area contributed by atoms with Crippen LogP contribution >= 0.6 is 0 Å². The average molecular weight is 284 g/mol. The maximum absolute atomic E-state index is 12.0. The van der Waals surface area contributed by atoms with Gasteiger partial charge in [0.15, 0.2) is 10.6 Å². The van der Waals surface area contributed by atoms with Crippen LogP contribution in [-0.4, -0.2) is 40.4 Å². The molecule has 0 atom stereocenters. The summed E-state index contributed by atoms with van der Waals surface area (Å²) in [5, 5.41) is 2.86. The molecule has 1 N–H and O–H groups in total. The topological polar surface area (TPSA) is 92.3 Å². The molecule has 0 aromatic carbocycles. The first-order valence-corrected chi connectivity index (χ1v) is 7.23. The molecule has 0 spiro atoms. The largest absolute Gasteiger partial charge is 0.373 e. The zero-order valence-corrected chi connectivity index (χ0v) is 12.1. The summed E-state index contributed by atoms with van der Waals surface area (Å²) < 4.78 is 23.4. The second-order valence-corrected chi connectivity index (χ2v) is 7.30. The smallest absolute Gasteiger partial charge is 0.259 e. The minimum atomic E-state index is -3.60. The second-order valence-electron chi connectivity index (χ2n) is 4.89. The molecule has 1 aromatic heterocycles. The van der Waals surface area contributed by atoms with Crippen molar-refractivity contribution in [2.45, 2.75) is 32.1 Å². The number of anilines is 1. The van der Waals surface area contributed by atoms with Crippen molar-refractivity contribution in [1.82, 2.24) is 14.3 Å². The second kappa shape index (κ2) is 4.16. The van der Waals surface area contributed by atoms with Gasteiger partial charge in [-0.25, -0.2) is 22.7 Å². The van der Waals surface area contributed by atoms with Crippen molar-refractivity contribution in [3.05, 3.63) is 17.6 Å². The number of hydrogen-bond acceptors (Lipinski definition) is 6. The van der Waals surface area contributed by atoms with Gasteiger partial charge in [-0.2, -0.15) is 0 Å². The Morgan fingerprint density at radius 1 is 1.37 bits per heavy atom. The first kappa shape index (κ1) is 13.7. The molecule has 1 amide bonds. The zero-order chi connectivity index (χ0) is 14.4. The Bertz CT molecular complexity index is 639. The van der Waals surface area contributed by atoms with Crippen LogP contribution in [0.5, 0.6) is 0 Å². The Labute approximate surface area is 112 Å². The van der Waals surface area contributed by atoms with Crippen molar-refractivity contribution >= 4 is 21.7 Å². The number of sulfonamides is 1. The van der Waals surface area contributed by atoms with Gasteiger partial charge in [-0.3, -0.25) is 4.79 Å². The number of rotatable bonds is 3. The third-order valence-electron chi connectivity index (χ3n) is 3.12. The van der Waals surface area contributed by atoms with Crippen LogP contribution in [0, 0.1) is 6.92 Å². The molecule has 8 heteroatoms. The van der Waals surface area contributed by atoms with Crippen molar-refractivity contribution in [2.75, 3.05) is 12.4 Å². The van der Waals surface area contributed by atoms with Crippen molar-refractivity contribution in [2.24, 2.45) is 0 Å². The number of nitrogens with one attached hydrogen (secondary N) is 1. The number of hydrogen-bond donors (Lipinski definition) is 1. The highest BCUT2D eigenvalue weighted by Gasteiger charge is 2.60. The molecule has 19 heavy (non-hydrogen) atoms. The molecule has 7 nitrogen and oxygen atoms in total. The summed E-state index contributed by atoms with van der Waals surface area (Å²) in [6.07, 6.45) is 0. The van der Waals surface area contributed by atoms with E-state index in [-0.39, 0.29) is 6.54 Å². The number of aryl methyl sites for hydroxylation is 1. The van der Waals surface area contributed by atoms with E-state index in [0.29, 0.717) is 17.3 Å². The van der Waals surface area contributed by atoms with Crippen LogP contribution in [0.1, 0.15) is 25.4 Å². The fourth-order valence-electron chi connectivity index (χ4n) is 1.87. The van der Waals surface area contributed by atoms with Crippen LogP contribution < -0.4 is 5.32 Å². The van der Waals surface area contributed by atoms with Gasteiger partial charge in [0, 0.05) is 18.8 Å². The summed E-state index contributed by atoms with van der Waals surface area (Å²) in [6.45, 7) is 4.46. The summed E-state index contributed by atoms with van der Waals surface area (Å²) in [5.74, 6) is 0.465. The number of carbonyl (C=O) groups is 1. The highest BCUT2D eigenvalue weighted by atomic mass is 32.2. The lowest BCUT2D eigenvalue weighted by molar-refractivity contribution is -0.132. The Morgan fingerprint density at radius 2 is 2.00 bits per heavy atom. The number of carbonyl (C=O) groups excluding carboxylic acids is 1. The normalized spacial score (nSPS) is 20.0. The molecule has 1 aromatic rings. The highest BCUT2D eigenvalue weighted by molar-refractivity contribution is 7.94. The van der Waals surface area contributed by atoms with E-state index in [1.165, 1.54) is 13.8 Å². The van der Waals surface area contributed by atoms with Crippen molar-refractivity contribution < 1.29 is 13.2 Å². The van der Waals surface area contributed by atoms with Gasteiger partial charge in [-0.15, -0.1) is 0 Å². The fraction of sp³-hybridized carbons (Fsp3) is 0.545. The Balaban J connectivity index is 2.29. The van der Waals surface area contributed by atoms with Gasteiger partial charge < -0.3 is 5.32 Å². The fourth-order valence-corrected chi connectivity index (χ4v) is 3.35. The summed E-state index contributed by atoms with van der Waals surface area (Å²) in [6, 6.07) is 1.74. The van der Waals surface area contributed by atoms with E-state index in [9.17, 15) is 13.2 Å². The molecule has 2 rings (SSSR count). The molecular formula is C11H16N4O3S. The van der Waals surface area contributed by atoms with Gasteiger partial charge in [0.1, 0.15) is 5.82 Å². The van der Waals surface area contributed by atoms with E-state index >= 15 is 0 Å². The van der Waals surface area contributed by atoms with Gasteiger partial charge in [0.05, 0.1) is 6.54 Å². The van der Waals surface area contributed by atoms with Crippen LogP contribution in [-0.2, 0) is 21.4 Å². The molecule has 104 valence electrons. The minimum Gasteiger partial charge on any atom is -0.373 e. The van der Waals surface area contributed by atoms with Crippen molar-refractivity contribution in [3.8, 4) is 0 Å². The maximum atomic E-state index is 12.0. The molecule has 1 aliphatic heterocycles. The van der Waals surface area contributed by atoms with Crippen molar-refractivity contribution in [1.29, 1.82) is 0 Å². The minimum absolute atomic E-state index is 0.124. The average Bonchev–Trinajstić information content (AvgIpc) is 2.34. The standard InChI is InChI=1S/C11H16N4O3S/c1-7-5-8(12-4)14-9(13-7)6-15-10(16)11(2,3)19(15,17)18/h5H,6H2,1-4H3,(H,12,13,14). The predicted octanol–water partition coefficient (Wildman–Crippen LogP) is 0.277. The Kier molecular flexibility index (Phi) is 3.00. The molecule has 0 radical (unpaired) electrons. The lowest BCUT2D eigenvalue weighted by Crippen LogP contribution is -2.66. The quantitative estimate of drug-likeness (QED) is 0.857. The highest BCUT2D eigenvalue weighted by Crippen LogP contribution is 2.35. The van der Waals surface area contributed by atoms with E-state index < -0.39 is 20.7 Å². The van der Waals surface area contributed by atoms with E-state index in [1.807, 2.05) is 0 Å². The third-order valence-corrected chi connectivity index (χ3v) is 5.46. The summed E-state index contributed by atoms with van der Waals surface area (Å²) >= 11 is 0. The first-order valence-electron chi connectivity index (χ1n) is 5.79. The number of aromatic nitrogens is 2. The molecule has 1 aliphatic rings. The summed E-state index contributed by atoms with van der Waals surface area (Å²) in [7, 11) is -1.89. The molecule has 0 bridgehead atoms. The molecule has 1 fully saturated rings. The number of amides is 1. The molecule has 0 saturated carbocycles. The Hall–Kier alpha value is -1.70. The molecule has 1 saturated heterocycles. The Morgan fingerprint density at radius 3 is 2.53 bits per heavy atom. The third kappa shape index (κ3) is 1.95. The van der Waals surface area contributed by atoms with E-state index in [1.54, 1.807) is 20.0 Å². The van der Waals surface area contributed by atoms with E-state index in [0.717, 1.165) is 4.31 Å². The monoisotopic (exact) mass is 284 g/mol. The van der Waals surface area contributed by atoms with Gasteiger partial charge in [-0.1, -0.05) is 0 Å². The summed E-state index contributed by atoms with van der Waals surface area (Å²) in [5.41, 5.74) is 0.707. The molecule has 2 heterocycles. The first-order chi connectivity index (χ1) is 8.70. The molecular weight excluding hydrogens is 268 g/mol. The maximum Gasteiger partial charge on any atom is 0.259 e. The van der Waals surface area contributed by atoms with Gasteiger partial charge in [0.25, 0.3) is 15.9 Å². The SMILES string of the molecule is CNc1cc(C)nc(CN2C(=O)C(C)(C)S2(=O)=O)n1. The van der Waals surface area contributed by atoms with Crippen LogP contribution in [0.4, 0.5) is 5.82 Å². The molecule has 0 unspecified atom stereocenters. The van der Waals surface area contributed by atoms with Crippen LogP contribution in [0.25, 0.3) is 0 Å². The van der Waals surface area contributed by atoms with Gasteiger partial charge >= 0.3 is 0 Å². The van der Waals surface area contributed by atoms with Crippen LogP contribution in [0.3, 0.4) is 0 Å². The zero-order valence-electron chi connectivity index (χ0n) is 11.3. The van der Waals surface area contributed by atoms with Crippen molar-refractivity contribution in [3.63, 3.8) is 0 Å². The number of nitrogens with zero attached hydrogens (tertiary/aromatic N) is 3. The lowest BCUT2D eigenvalue weighted by atomic mass is 10.2. The van der Waals surface area contributed by atoms with Gasteiger partial charge in [0.2, 0.25) is 0 Å². The van der Waals surface area contributed by atoms with Gasteiger partial charge in [-0.05, 0) is 20.8 Å². The van der Waals surface area contributed by atoms with Crippen LogP contribution in [0.15, 0.2) is 6.07 Å². The summed E-state index contributed by atoms with van der Waals surface area (Å²) in [4.78, 5) is 20.1. The molecule has 0 aliphatic carbocycles. The van der Waals surface area contributed by atoms with E-state index in [2.05, 4.69) is 15.3 Å². The van der Waals surface area contributed by atoms with Crippen LogP contribution in [0.2, 0.25) is 0 Å². The lowest BCUT2D eigenvalue weighted by Gasteiger charge is -2.42. The predicted molar refractivity (Wildman–Crippen MR) is 69.9 cm³/mol. The van der Waals surface area contributed by atoms with E-state index in [4.69, 9.17) is 0 Å².